The Morgan fingerprint density at radius 2 is 1.89 bits per heavy atom. The molecule has 1 fully saturated rings. The molecule has 1 atom stereocenters. The van der Waals surface area contributed by atoms with Crippen molar-refractivity contribution >= 4 is 33.1 Å². The number of carbonyl (C=O) groups is 1. The van der Waals surface area contributed by atoms with Gasteiger partial charge in [0.15, 0.2) is 0 Å². The Morgan fingerprint density at radius 3 is 2.59 bits per heavy atom. The van der Waals surface area contributed by atoms with E-state index in [9.17, 15) is 4.79 Å². The number of thiazole rings is 1. The van der Waals surface area contributed by atoms with Gasteiger partial charge in [-0.25, -0.2) is 4.98 Å². The van der Waals surface area contributed by atoms with Gasteiger partial charge in [-0.3, -0.25) is 4.79 Å². The molecule has 1 aromatic heterocycles. The molecule has 1 amide bonds. The summed E-state index contributed by atoms with van der Waals surface area (Å²) in [6.07, 6.45) is 2.02. The van der Waals surface area contributed by atoms with Gasteiger partial charge >= 0.3 is 0 Å². The highest BCUT2D eigenvalue weighted by atomic mass is 32.1. The molecule has 0 bridgehead atoms. The Kier molecular flexibility index (Phi) is 5.12. The van der Waals surface area contributed by atoms with Gasteiger partial charge in [0.1, 0.15) is 5.01 Å². The van der Waals surface area contributed by atoms with Gasteiger partial charge in [0.2, 0.25) is 0 Å². The molecular weight excluding hydrogens is 354 g/mol. The first kappa shape index (κ1) is 18.0. The highest BCUT2D eigenvalue weighted by molar-refractivity contribution is 7.18. The molecule has 2 heterocycles. The van der Waals surface area contributed by atoms with E-state index in [1.807, 2.05) is 35.2 Å². The van der Waals surface area contributed by atoms with Crippen LogP contribution < -0.4 is 4.90 Å². The number of carbonyl (C=O) groups excluding carboxylic acids is 1. The topological polar surface area (TPSA) is 36.4 Å². The molecule has 1 unspecified atom stereocenters. The van der Waals surface area contributed by atoms with Crippen molar-refractivity contribution in [2.75, 3.05) is 24.5 Å². The minimum Gasteiger partial charge on any atom is -0.372 e. The van der Waals surface area contributed by atoms with Crippen LogP contribution in [0.4, 0.5) is 5.69 Å². The number of anilines is 1. The second kappa shape index (κ2) is 7.69. The van der Waals surface area contributed by atoms with Gasteiger partial charge in [-0.15, -0.1) is 11.3 Å². The molecule has 0 radical (unpaired) electrons. The van der Waals surface area contributed by atoms with E-state index in [1.165, 1.54) is 10.4 Å². The van der Waals surface area contributed by atoms with E-state index in [2.05, 4.69) is 36.9 Å². The fourth-order valence-electron chi connectivity index (χ4n) is 3.87. The number of para-hydroxylation sites is 1. The summed E-state index contributed by atoms with van der Waals surface area (Å²) in [4.78, 5) is 22.2. The van der Waals surface area contributed by atoms with E-state index >= 15 is 0 Å². The average Bonchev–Trinajstić information content (AvgIpc) is 3.35. The highest BCUT2D eigenvalue weighted by Gasteiger charge is 2.32. The van der Waals surface area contributed by atoms with Gasteiger partial charge in [0, 0.05) is 30.9 Å². The minimum absolute atomic E-state index is 0.0948. The third-order valence-corrected chi connectivity index (χ3v) is 6.49. The van der Waals surface area contributed by atoms with Gasteiger partial charge < -0.3 is 9.80 Å². The third-order valence-electron chi connectivity index (χ3n) is 5.35. The largest absolute Gasteiger partial charge is 0.372 e. The smallest absolute Gasteiger partial charge is 0.254 e. The van der Waals surface area contributed by atoms with Crippen LogP contribution in [0.5, 0.6) is 0 Å². The first-order valence-electron chi connectivity index (χ1n) is 9.72. The molecule has 0 N–H and O–H groups in total. The van der Waals surface area contributed by atoms with Crippen LogP contribution in [0.1, 0.15) is 48.1 Å². The van der Waals surface area contributed by atoms with E-state index in [1.54, 1.807) is 11.3 Å². The van der Waals surface area contributed by atoms with Crippen molar-refractivity contribution < 1.29 is 4.79 Å². The summed E-state index contributed by atoms with van der Waals surface area (Å²) in [5.74, 6) is 0.114. The van der Waals surface area contributed by atoms with E-state index in [0.717, 1.165) is 48.6 Å². The number of likely N-dealkylation sites (tertiary alicyclic amines) is 1. The first-order valence-corrected chi connectivity index (χ1v) is 10.5. The molecule has 0 aliphatic carbocycles. The maximum absolute atomic E-state index is 13.2. The van der Waals surface area contributed by atoms with Gasteiger partial charge in [-0.05, 0) is 63.1 Å². The molecule has 27 heavy (non-hydrogen) atoms. The van der Waals surface area contributed by atoms with Crippen LogP contribution in [0.25, 0.3) is 10.2 Å². The van der Waals surface area contributed by atoms with Crippen LogP contribution in [0.15, 0.2) is 48.5 Å². The molecule has 3 aromatic rings. The quantitative estimate of drug-likeness (QED) is 0.617. The van der Waals surface area contributed by atoms with Gasteiger partial charge in [0.05, 0.1) is 16.3 Å². The molecule has 0 saturated carbocycles. The molecular formula is C22H25N3OS. The van der Waals surface area contributed by atoms with Crippen LogP contribution in [-0.4, -0.2) is 35.4 Å². The molecule has 4 rings (SSSR count). The molecule has 5 heteroatoms. The van der Waals surface area contributed by atoms with Crippen molar-refractivity contribution in [3.8, 4) is 0 Å². The first-order chi connectivity index (χ1) is 13.2. The molecule has 1 saturated heterocycles. The lowest BCUT2D eigenvalue weighted by atomic mass is 10.1. The standard InChI is InChI=1S/C22H25N3OS/c1-3-24(4-2)17-13-11-16(12-14-17)22(26)25-15-7-9-19(25)21-23-18-8-5-6-10-20(18)27-21/h5-6,8,10-14,19H,3-4,7,9,15H2,1-2H3. The minimum atomic E-state index is 0.0948. The van der Waals surface area contributed by atoms with Crippen LogP contribution in [0.3, 0.4) is 0 Å². The number of nitrogens with zero attached hydrogens (tertiary/aromatic N) is 3. The van der Waals surface area contributed by atoms with Crippen molar-refractivity contribution in [3.05, 3.63) is 59.1 Å². The van der Waals surface area contributed by atoms with Crippen molar-refractivity contribution in [1.82, 2.24) is 9.88 Å². The summed E-state index contributed by atoms with van der Waals surface area (Å²) in [7, 11) is 0. The highest BCUT2D eigenvalue weighted by Crippen LogP contribution is 2.37. The zero-order valence-electron chi connectivity index (χ0n) is 15.9. The monoisotopic (exact) mass is 379 g/mol. The molecule has 0 spiro atoms. The van der Waals surface area contributed by atoms with E-state index in [4.69, 9.17) is 4.98 Å². The van der Waals surface area contributed by atoms with Crippen LogP contribution >= 0.6 is 11.3 Å². The Labute approximate surface area is 164 Å². The number of benzene rings is 2. The summed E-state index contributed by atoms with van der Waals surface area (Å²) in [5.41, 5.74) is 2.96. The molecule has 2 aromatic carbocycles. The number of hydrogen-bond donors (Lipinski definition) is 0. The van der Waals surface area contributed by atoms with Gasteiger partial charge in [0.25, 0.3) is 5.91 Å². The molecule has 1 aliphatic heterocycles. The zero-order chi connectivity index (χ0) is 18.8. The Morgan fingerprint density at radius 1 is 1.15 bits per heavy atom. The van der Waals surface area contributed by atoms with Crippen molar-refractivity contribution in [2.24, 2.45) is 0 Å². The van der Waals surface area contributed by atoms with E-state index < -0.39 is 0 Å². The molecule has 1 aliphatic rings. The van der Waals surface area contributed by atoms with E-state index in [0.29, 0.717) is 0 Å². The lowest BCUT2D eigenvalue weighted by Crippen LogP contribution is -2.30. The van der Waals surface area contributed by atoms with Crippen LogP contribution in [0.2, 0.25) is 0 Å². The Hall–Kier alpha value is -2.40. The number of amides is 1. The van der Waals surface area contributed by atoms with Crippen molar-refractivity contribution in [2.45, 2.75) is 32.7 Å². The lowest BCUT2D eigenvalue weighted by Gasteiger charge is -2.24. The average molecular weight is 380 g/mol. The molecule has 4 nitrogen and oxygen atoms in total. The van der Waals surface area contributed by atoms with Crippen molar-refractivity contribution in [3.63, 3.8) is 0 Å². The Balaban J connectivity index is 1.57. The number of aromatic nitrogens is 1. The summed E-state index contributed by atoms with van der Waals surface area (Å²) in [6.45, 7) is 7.03. The summed E-state index contributed by atoms with van der Waals surface area (Å²) >= 11 is 1.71. The summed E-state index contributed by atoms with van der Waals surface area (Å²) < 4.78 is 1.19. The number of hydrogen-bond acceptors (Lipinski definition) is 4. The predicted octanol–water partition coefficient (Wildman–Crippen LogP) is 5.12. The van der Waals surface area contributed by atoms with Gasteiger partial charge in [-0.1, -0.05) is 12.1 Å². The summed E-state index contributed by atoms with van der Waals surface area (Å²) in [5, 5.41) is 1.06. The van der Waals surface area contributed by atoms with Crippen molar-refractivity contribution in [1.29, 1.82) is 0 Å². The lowest BCUT2D eigenvalue weighted by molar-refractivity contribution is 0.0735. The summed E-state index contributed by atoms with van der Waals surface area (Å²) in [6, 6.07) is 16.3. The number of rotatable bonds is 5. The maximum Gasteiger partial charge on any atom is 0.254 e. The SMILES string of the molecule is CCN(CC)c1ccc(C(=O)N2CCCC2c2nc3ccccc3s2)cc1. The third kappa shape index (κ3) is 3.44. The van der Waals surface area contributed by atoms with Crippen LogP contribution in [-0.2, 0) is 0 Å². The fourth-order valence-corrected chi connectivity index (χ4v) is 4.98. The Bertz CT molecular complexity index is 897. The predicted molar refractivity (Wildman–Crippen MR) is 113 cm³/mol. The fraction of sp³-hybridized carbons (Fsp3) is 0.364. The zero-order valence-corrected chi connectivity index (χ0v) is 16.7. The van der Waals surface area contributed by atoms with E-state index in [-0.39, 0.29) is 11.9 Å². The molecule has 140 valence electrons. The van der Waals surface area contributed by atoms with Crippen LogP contribution in [0, 0.1) is 0 Å². The maximum atomic E-state index is 13.2. The van der Waals surface area contributed by atoms with Gasteiger partial charge in [-0.2, -0.15) is 0 Å². The second-order valence-corrected chi connectivity index (χ2v) is 7.96. The normalized spacial score (nSPS) is 16.8. The second-order valence-electron chi connectivity index (χ2n) is 6.90. The number of fused-ring (bicyclic) bond motifs is 1.